The summed E-state index contributed by atoms with van der Waals surface area (Å²) in [5.74, 6) is 0.913. The average molecular weight is 311 g/mol. The van der Waals surface area contributed by atoms with Crippen molar-refractivity contribution in [2.75, 3.05) is 33.3 Å². The molecule has 1 aromatic carbocycles. The van der Waals surface area contributed by atoms with E-state index in [0.717, 1.165) is 38.5 Å². The molecule has 1 saturated heterocycles. The topological polar surface area (TPSA) is 24.5 Å². The van der Waals surface area contributed by atoms with E-state index in [9.17, 15) is 0 Å². The molecule has 1 unspecified atom stereocenters. The molecule has 0 aliphatic carbocycles. The highest BCUT2D eigenvalue weighted by Gasteiger charge is 2.30. The predicted octanol–water partition coefficient (Wildman–Crippen LogP) is 3.10. The Balaban J connectivity index is 0.00000220. The molecule has 0 radical (unpaired) electrons. The van der Waals surface area contributed by atoms with Crippen molar-refractivity contribution in [3.8, 4) is 5.75 Å². The van der Waals surface area contributed by atoms with Crippen LogP contribution in [0.5, 0.6) is 5.75 Å². The van der Waals surface area contributed by atoms with Crippen molar-refractivity contribution in [2.24, 2.45) is 5.41 Å². The SMILES string of the molecule is C=CCN(Cc1ccc(OC)cc1)CC1(C)CCNC1.Cl. The van der Waals surface area contributed by atoms with Gasteiger partial charge in [0.15, 0.2) is 0 Å². The van der Waals surface area contributed by atoms with Crippen LogP contribution in [-0.2, 0) is 6.54 Å². The fraction of sp³-hybridized carbons (Fsp3) is 0.529. The first-order valence-corrected chi connectivity index (χ1v) is 7.32. The quantitative estimate of drug-likeness (QED) is 0.783. The van der Waals surface area contributed by atoms with Gasteiger partial charge in [-0.3, -0.25) is 4.90 Å². The van der Waals surface area contributed by atoms with E-state index in [2.05, 4.69) is 35.9 Å². The number of ether oxygens (including phenoxy) is 1. The van der Waals surface area contributed by atoms with Gasteiger partial charge in [0.2, 0.25) is 0 Å². The molecule has 1 aliphatic heterocycles. The number of nitrogens with one attached hydrogen (secondary N) is 1. The zero-order valence-corrected chi connectivity index (χ0v) is 13.9. The van der Waals surface area contributed by atoms with Crippen molar-refractivity contribution in [1.82, 2.24) is 10.2 Å². The number of benzene rings is 1. The van der Waals surface area contributed by atoms with Crippen LogP contribution in [0.25, 0.3) is 0 Å². The lowest BCUT2D eigenvalue weighted by molar-refractivity contribution is 0.186. The number of halogens is 1. The largest absolute Gasteiger partial charge is 0.497 e. The Morgan fingerprint density at radius 1 is 1.38 bits per heavy atom. The maximum Gasteiger partial charge on any atom is 0.118 e. The third-order valence-electron chi connectivity index (χ3n) is 4.01. The molecule has 1 aliphatic rings. The lowest BCUT2D eigenvalue weighted by Crippen LogP contribution is -2.37. The maximum absolute atomic E-state index is 5.21. The van der Waals surface area contributed by atoms with Gasteiger partial charge in [-0.25, -0.2) is 0 Å². The summed E-state index contributed by atoms with van der Waals surface area (Å²) in [5, 5.41) is 3.47. The molecule has 4 heteroatoms. The first-order chi connectivity index (χ1) is 9.65. The van der Waals surface area contributed by atoms with Gasteiger partial charge in [0, 0.05) is 26.2 Å². The highest BCUT2D eigenvalue weighted by atomic mass is 35.5. The van der Waals surface area contributed by atoms with Crippen LogP contribution in [-0.4, -0.2) is 38.2 Å². The maximum atomic E-state index is 5.21. The normalized spacial score (nSPS) is 21.1. The van der Waals surface area contributed by atoms with Gasteiger partial charge in [0.25, 0.3) is 0 Å². The molecule has 1 atom stereocenters. The molecule has 1 N–H and O–H groups in total. The Morgan fingerprint density at radius 3 is 2.62 bits per heavy atom. The Kier molecular flexibility index (Phi) is 7.23. The molecule has 118 valence electrons. The average Bonchev–Trinajstić information content (AvgIpc) is 2.86. The number of nitrogens with zero attached hydrogens (tertiary/aromatic N) is 1. The van der Waals surface area contributed by atoms with Crippen molar-refractivity contribution in [3.05, 3.63) is 42.5 Å². The molecule has 1 fully saturated rings. The summed E-state index contributed by atoms with van der Waals surface area (Å²) in [4.78, 5) is 2.47. The van der Waals surface area contributed by atoms with Crippen LogP contribution in [0.1, 0.15) is 18.9 Å². The number of methoxy groups -OCH3 is 1. The van der Waals surface area contributed by atoms with E-state index >= 15 is 0 Å². The van der Waals surface area contributed by atoms with Crippen LogP contribution in [0.15, 0.2) is 36.9 Å². The zero-order chi connectivity index (χ0) is 14.4. The second kappa shape index (κ2) is 8.42. The summed E-state index contributed by atoms with van der Waals surface area (Å²) in [5.41, 5.74) is 1.71. The Bertz CT molecular complexity index is 427. The van der Waals surface area contributed by atoms with E-state index in [1.54, 1.807) is 7.11 Å². The van der Waals surface area contributed by atoms with Crippen molar-refractivity contribution in [1.29, 1.82) is 0 Å². The molecule has 0 saturated carbocycles. The molecule has 3 nitrogen and oxygen atoms in total. The molecule has 1 heterocycles. The van der Waals surface area contributed by atoms with E-state index < -0.39 is 0 Å². The summed E-state index contributed by atoms with van der Waals surface area (Å²) in [7, 11) is 1.70. The molecular weight excluding hydrogens is 284 g/mol. The molecular formula is C17H27ClN2O. The van der Waals surface area contributed by atoms with Gasteiger partial charge < -0.3 is 10.1 Å². The smallest absolute Gasteiger partial charge is 0.118 e. The summed E-state index contributed by atoms with van der Waals surface area (Å²) >= 11 is 0. The molecule has 0 spiro atoms. The highest BCUT2D eigenvalue weighted by Crippen LogP contribution is 2.26. The summed E-state index contributed by atoms with van der Waals surface area (Å²) < 4.78 is 5.21. The molecule has 0 bridgehead atoms. The molecule has 0 aromatic heterocycles. The van der Waals surface area contributed by atoms with Crippen molar-refractivity contribution >= 4 is 12.4 Å². The van der Waals surface area contributed by atoms with Gasteiger partial charge in [-0.05, 0) is 36.1 Å². The minimum atomic E-state index is 0. The minimum Gasteiger partial charge on any atom is -0.497 e. The number of rotatable bonds is 7. The van der Waals surface area contributed by atoms with E-state index in [0.29, 0.717) is 5.41 Å². The number of hydrogen-bond donors (Lipinski definition) is 1. The lowest BCUT2D eigenvalue weighted by atomic mass is 9.89. The Labute approximate surface area is 134 Å². The van der Waals surface area contributed by atoms with Gasteiger partial charge in [0.05, 0.1) is 7.11 Å². The van der Waals surface area contributed by atoms with E-state index in [1.165, 1.54) is 12.0 Å². The fourth-order valence-corrected chi connectivity index (χ4v) is 2.90. The minimum absolute atomic E-state index is 0. The van der Waals surface area contributed by atoms with Crippen LogP contribution in [0.4, 0.5) is 0 Å². The van der Waals surface area contributed by atoms with Crippen molar-refractivity contribution in [2.45, 2.75) is 19.9 Å². The first-order valence-electron chi connectivity index (χ1n) is 7.32. The molecule has 21 heavy (non-hydrogen) atoms. The van der Waals surface area contributed by atoms with Gasteiger partial charge in [-0.1, -0.05) is 25.1 Å². The number of hydrogen-bond acceptors (Lipinski definition) is 3. The van der Waals surface area contributed by atoms with E-state index in [1.807, 2.05) is 18.2 Å². The first kappa shape index (κ1) is 18.0. The summed E-state index contributed by atoms with van der Waals surface area (Å²) in [6.45, 7) is 11.5. The Hall–Kier alpha value is -1.03. The highest BCUT2D eigenvalue weighted by molar-refractivity contribution is 5.85. The van der Waals surface area contributed by atoms with Gasteiger partial charge in [0.1, 0.15) is 5.75 Å². The third kappa shape index (κ3) is 5.34. The zero-order valence-electron chi connectivity index (χ0n) is 13.1. The predicted molar refractivity (Wildman–Crippen MR) is 91.3 cm³/mol. The van der Waals surface area contributed by atoms with Crippen LogP contribution in [0.2, 0.25) is 0 Å². The second-order valence-corrected chi connectivity index (χ2v) is 6.04. The standard InChI is InChI=1S/C17H26N2O.ClH/c1-4-11-19(14-17(2)9-10-18-13-17)12-15-5-7-16(20-3)8-6-15;/h4-8,18H,1,9-14H2,2-3H3;1H. The van der Waals surface area contributed by atoms with Crippen LogP contribution < -0.4 is 10.1 Å². The van der Waals surface area contributed by atoms with Crippen LogP contribution in [0.3, 0.4) is 0 Å². The van der Waals surface area contributed by atoms with Gasteiger partial charge in [-0.15, -0.1) is 19.0 Å². The fourth-order valence-electron chi connectivity index (χ4n) is 2.90. The monoisotopic (exact) mass is 310 g/mol. The van der Waals surface area contributed by atoms with Gasteiger partial charge in [-0.2, -0.15) is 0 Å². The van der Waals surface area contributed by atoms with Crippen molar-refractivity contribution in [3.63, 3.8) is 0 Å². The molecule has 0 amide bonds. The van der Waals surface area contributed by atoms with E-state index in [4.69, 9.17) is 4.74 Å². The van der Waals surface area contributed by atoms with E-state index in [-0.39, 0.29) is 12.4 Å². The third-order valence-corrected chi connectivity index (χ3v) is 4.01. The summed E-state index contributed by atoms with van der Waals surface area (Å²) in [6, 6.07) is 8.34. The summed E-state index contributed by atoms with van der Waals surface area (Å²) in [6.07, 6.45) is 3.25. The molecule has 2 rings (SSSR count). The van der Waals surface area contributed by atoms with Gasteiger partial charge >= 0.3 is 0 Å². The second-order valence-electron chi connectivity index (χ2n) is 6.04. The van der Waals surface area contributed by atoms with Crippen LogP contribution >= 0.6 is 12.4 Å². The Morgan fingerprint density at radius 2 is 2.10 bits per heavy atom. The lowest BCUT2D eigenvalue weighted by Gasteiger charge is -2.31. The molecule has 1 aromatic rings. The van der Waals surface area contributed by atoms with Crippen molar-refractivity contribution < 1.29 is 4.74 Å². The van der Waals surface area contributed by atoms with Crippen LogP contribution in [0, 0.1) is 5.41 Å².